The van der Waals surface area contributed by atoms with Crippen LogP contribution in [0, 0.1) is 0 Å². The summed E-state index contributed by atoms with van der Waals surface area (Å²) >= 11 is 0. The summed E-state index contributed by atoms with van der Waals surface area (Å²) in [5, 5.41) is 11.1. The van der Waals surface area contributed by atoms with E-state index in [1.165, 1.54) is 83.5 Å². The normalized spacial score (nSPS) is 11.6. The Hall–Kier alpha value is -1.90. The Morgan fingerprint density at radius 2 is 1.45 bits per heavy atom. The van der Waals surface area contributed by atoms with Crippen molar-refractivity contribution in [2.24, 2.45) is 0 Å². The summed E-state index contributed by atoms with van der Waals surface area (Å²) in [6.07, 6.45) is 24.9. The van der Waals surface area contributed by atoms with Crippen LogP contribution in [0.4, 0.5) is 0 Å². The molecule has 162 valence electrons. The topological polar surface area (TPSA) is 45.2 Å². The van der Waals surface area contributed by atoms with Crippen LogP contribution in [0.25, 0.3) is 10.9 Å². The lowest BCUT2D eigenvalue weighted by Crippen LogP contribution is -1.97. The molecule has 0 radical (unpaired) electrons. The van der Waals surface area contributed by atoms with Gasteiger partial charge in [0.05, 0.1) is 6.61 Å². The van der Waals surface area contributed by atoms with Crippen LogP contribution >= 0.6 is 0 Å². The maximum Gasteiger partial charge on any atom is 0.161 e. The van der Waals surface area contributed by atoms with E-state index in [1.807, 2.05) is 18.3 Å². The number of fused-ring (bicyclic) bond motifs is 1. The highest BCUT2D eigenvalue weighted by Gasteiger charge is 2.05. The molecule has 0 bridgehead atoms. The van der Waals surface area contributed by atoms with Crippen LogP contribution in [0.5, 0.6) is 11.5 Å². The van der Waals surface area contributed by atoms with Gasteiger partial charge < -0.3 is 14.8 Å². The number of benzene rings is 1. The average Bonchev–Trinajstić information content (AvgIpc) is 3.17. The monoisotopic (exact) mass is 399 g/mol. The van der Waals surface area contributed by atoms with E-state index in [2.05, 4.69) is 24.1 Å². The number of ether oxygens (including phenoxy) is 1. The number of hydrogen-bond acceptors (Lipinski definition) is 2. The summed E-state index contributed by atoms with van der Waals surface area (Å²) in [7, 11) is 0. The number of phenols is 1. The Morgan fingerprint density at radius 3 is 2.14 bits per heavy atom. The molecule has 2 N–H and O–H groups in total. The van der Waals surface area contributed by atoms with Gasteiger partial charge >= 0.3 is 0 Å². The van der Waals surface area contributed by atoms with Gasteiger partial charge in [-0.05, 0) is 44.2 Å². The third-order valence-corrected chi connectivity index (χ3v) is 5.55. The van der Waals surface area contributed by atoms with Crippen LogP contribution in [0.15, 0.2) is 36.5 Å². The number of nitrogens with one attached hydrogen (secondary N) is 1. The van der Waals surface area contributed by atoms with Crippen LogP contribution in [0.1, 0.15) is 96.8 Å². The highest BCUT2D eigenvalue weighted by molar-refractivity contribution is 5.83. The van der Waals surface area contributed by atoms with E-state index in [9.17, 15) is 5.11 Å². The van der Waals surface area contributed by atoms with Crippen LogP contribution in [-0.4, -0.2) is 16.7 Å². The predicted octanol–water partition coefficient (Wildman–Crippen LogP) is 8.29. The van der Waals surface area contributed by atoms with Gasteiger partial charge in [0, 0.05) is 23.2 Å². The fourth-order valence-electron chi connectivity index (χ4n) is 3.72. The van der Waals surface area contributed by atoms with Crippen LogP contribution in [0.3, 0.4) is 0 Å². The largest absolute Gasteiger partial charge is 0.504 e. The van der Waals surface area contributed by atoms with E-state index in [4.69, 9.17) is 4.74 Å². The zero-order valence-electron chi connectivity index (χ0n) is 18.4. The molecular formula is C26H41NO2. The van der Waals surface area contributed by atoms with Gasteiger partial charge in [0.2, 0.25) is 0 Å². The lowest BCUT2D eigenvalue weighted by Gasteiger charge is -2.08. The number of phenolic OH excluding ortho intramolecular Hbond substituents is 1. The second kappa shape index (κ2) is 15.0. The van der Waals surface area contributed by atoms with E-state index >= 15 is 0 Å². The van der Waals surface area contributed by atoms with Gasteiger partial charge in [-0.2, -0.15) is 0 Å². The van der Waals surface area contributed by atoms with E-state index in [0.717, 1.165) is 17.3 Å². The van der Waals surface area contributed by atoms with Crippen LogP contribution in [-0.2, 0) is 0 Å². The van der Waals surface area contributed by atoms with Crippen molar-refractivity contribution in [2.75, 3.05) is 6.61 Å². The van der Waals surface area contributed by atoms with Crippen molar-refractivity contribution in [2.45, 2.75) is 96.8 Å². The van der Waals surface area contributed by atoms with Crippen molar-refractivity contribution in [3.63, 3.8) is 0 Å². The van der Waals surface area contributed by atoms with Gasteiger partial charge in [0.25, 0.3) is 0 Å². The van der Waals surface area contributed by atoms with Gasteiger partial charge in [-0.3, -0.25) is 0 Å². The number of aromatic nitrogens is 1. The number of unbranched alkanes of at least 4 members (excludes halogenated alkanes) is 12. The van der Waals surface area contributed by atoms with Gasteiger partial charge in [-0.15, -0.1) is 0 Å². The second-order valence-electron chi connectivity index (χ2n) is 8.17. The van der Waals surface area contributed by atoms with Gasteiger partial charge in [0.15, 0.2) is 11.5 Å². The SMILES string of the molecule is CCCCCCCC/C=C\CCCCCCCCOc1cc2cc[nH]c2cc1O. The zero-order chi connectivity index (χ0) is 20.6. The molecule has 0 aliphatic rings. The molecule has 2 rings (SSSR count). The number of aromatic hydroxyl groups is 1. The van der Waals surface area contributed by atoms with E-state index in [1.54, 1.807) is 6.07 Å². The van der Waals surface area contributed by atoms with Gasteiger partial charge in [-0.25, -0.2) is 0 Å². The number of rotatable bonds is 17. The minimum atomic E-state index is 0.212. The molecule has 29 heavy (non-hydrogen) atoms. The quantitative estimate of drug-likeness (QED) is 0.207. The molecule has 3 heteroatoms. The lowest BCUT2D eigenvalue weighted by molar-refractivity contribution is 0.289. The highest BCUT2D eigenvalue weighted by Crippen LogP contribution is 2.31. The first-order valence-electron chi connectivity index (χ1n) is 11.9. The fraction of sp³-hybridized carbons (Fsp3) is 0.615. The molecule has 0 unspecified atom stereocenters. The molecule has 0 aliphatic carbocycles. The molecule has 3 nitrogen and oxygen atoms in total. The molecule has 0 amide bonds. The van der Waals surface area contributed by atoms with Crippen molar-refractivity contribution < 1.29 is 9.84 Å². The maximum absolute atomic E-state index is 10.0. The smallest absolute Gasteiger partial charge is 0.161 e. The molecule has 1 heterocycles. The first-order chi connectivity index (χ1) is 14.3. The minimum absolute atomic E-state index is 0.212. The van der Waals surface area contributed by atoms with Crippen molar-refractivity contribution in [1.82, 2.24) is 4.98 Å². The Balaban J connectivity index is 1.38. The molecule has 0 aliphatic heterocycles. The second-order valence-corrected chi connectivity index (χ2v) is 8.17. The van der Waals surface area contributed by atoms with E-state index in [0.29, 0.717) is 12.4 Å². The van der Waals surface area contributed by atoms with E-state index in [-0.39, 0.29) is 5.75 Å². The Morgan fingerprint density at radius 1 is 0.828 bits per heavy atom. The minimum Gasteiger partial charge on any atom is -0.504 e. The lowest BCUT2D eigenvalue weighted by atomic mass is 10.1. The van der Waals surface area contributed by atoms with Gasteiger partial charge in [0.1, 0.15) is 0 Å². The number of allylic oxidation sites excluding steroid dienone is 2. The first-order valence-corrected chi connectivity index (χ1v) is 11.9. The van der Waals surface area contributed by atoms with E-state index < -0.39 is 0 Å². The highest BCUT2D eigenvalue weighted by atomic mass is 16.5. The summed E-state index contributed by atoms with van der Waals surface area (Å²) < 4.78 is 5.76. The molecule has 0 spiro atoms. The molecule has 2 aromatic rings. The van der Waals surface area contributed by atoms with Crippen LogP contribution in [0.2, 0.25) is 0 Å². The number of hydrogen-bond donors (Lipinski definition) is 2. The molecule has 0 saturated heterocycles. The van der Waals surface area contributed by atoms with Crippen molar-refractivity contribution in [1.29, 1.82) is 0 Å². The predicted molar refractivity (Wildman–Crippen MR) is 125 cm³/mol. The molecule has 0 fully saturated rings. The zero-order valence-corrected chi connectivity index (χ0v) is 18.4. The molecule has 1 aromatic carbocycles. The van der Waals surface area contributed by atoms with Crippen molar-refractivity contribution in [3.8, 4) is 11.5 Å². The van der Waals surface area contributed by atoms with Crippen molar-refractivity contribution in [3.05, 3.63) is 36.5 Å². The number of aromatic amines is 1. The average molecular weight is 400 g/mol. The third kappa shape index (κ3) is 9.92. The third-order valence-electron chi connectivity index (χ3n) is 5.55. The Bertz CT molecular complexity index is 689. The molecule has 0 saturated carbocycles. The fourth-order valence-corrected chi connectivity index (χ4v) is 3.72. The maximum atomic E-state index is 10.0. The summed E-state index contributed by atoms with van der Waals surface area (Å²) in [6, 6.07) is 5.62. The summed E-state index contributed by atoms with van der Waals surface area (Å²) in [5.74, 6) is 0.800. The number of H-pyrrole nitrogens is 1. The first kappa shape index (κ1) is 23.4. The molecule has 0 atom stereocenters. The van der Waals surface area contributed by atoms with Crippen LogP contribution < -0.4 is 4.74 Å². The molecule has 1 aromatic heterocycles. The summed E-state index contributed by atoms with van der Waals surface area (Å²) in [5.41, 5.74) is 0.937. The Labute approximate surface area is 177 Å². The molecular weight excluding hydrogens is 358 g/mol. The standard InChI is InChI=1S/C26H41NO2/c1-2-3-4-5-6-7-8-9-10-11-12-13-14-15-16-17-20-29-26-21-23-18-19-27-24(23)22-25(26)28/h9-10,18-19,21-22,27-28H,2-8,11-17,20H2,1H3/b10-9-. The Kier molecular flexibility index (Phi) is 12.1. The summed E-state index contributed by atoms with van der Waals surface area (Å²) in [6.45, 7) is 2.95. The van der Waals surface area contributed by atoms with Gasteiger partial charge in [-0.1, -0.05) is 76.9 Å². The summed E-state index contributed by atoms with van der Waals surface area (Å²) in [4.78, 5) is 3.09. The van der Waals surface area contributed by atoms with Crippen molar-refractivity contribution >= 4 is 10.9 Å².